The van der Waals surface area contributed by atoms with Crippen molar-refractivity contribution in [3.63, 3.8) is 0 Å². The molecule has 1 saturated heterocycles. The van der Waals surface area contributed by atoms with Crippen LogP contribution < -0.4 is 0 Å². The van der Waals surface area contributed by atoms with Crippen molar-refractivity contribution in [3.8, 4) is 0 Å². The van der Waals surface area contributed by atoms with Crippen LogP contribution in [-0.4, -0.2) is 34.0 Å². The topological polar surface area (TPSA) is 57.6 Å². The number of carboxylic acids is 1. The first-order valence-electron chi connectivity index (χ1n) is 7.03. The van der Waals surface area contributed by atoms with Gasteiger partial charge in [0.15, 0.2) is 0 Å². The van der Waals surface area contributed by atoms with E-state index >= 15 is 0 Å². The van der Waals surface area contributed by atoms with Gasteiger partial charge in [-0.1, -0.05) is 24.3 Å². The molecule has 20 heavy (non-hydrogen) atoms. The van der Waals surface area contributed by atoms with Crippen LogP contribution in [0, 0.1) is 6.92 Å². The number of nitrogens with zero attached hydrogens (tertiary/aromatic N) is 1. The molecule has 1 atom stereocenters. The van der Waals surface area contributed by atoms with Crippen LogP contribution >= 0.6 is 0 Å². The van der Waals surface area contributed by atoms with Crippen molar-refractivity contribution in [2.75, 3.05) is 6.54 Å². The number of hydrogen-bond acceptors (Lipinski definition) is 2. The Bertz CT molecular complexity index is 526. The summed E-state index contributed by atoms with van der Waals surface area (Å²) in [7, 11) is 0. The van der Waals surface area contributed by atoms with Crippen molar-refractivity contribution >= 4 is 11.9 Å². The maximum absolute atomic E-state index is 12.5. The number of carboxylic acid groups (broad SMARTS) is 1. The molecule has 1 fully saturated rings. The van der Waals surface area contributed by atoms with Crippen LogP contribution in [0.15, 0.2) is 24.3 Å². The number of piperidine rings is 1. The average Bonchev–Trinajstić information content (AvgIpc) is 2.41. The summed E-state index contributed by atoms with van der Waals surface area (Å²) in [5.41, 5.74) is 0.976. The molecule has 1 aromatic carbocycles. The Morgan fingerprint density at radius 2 is 2.00 bits per heavy atom. The highest BCUT2D eigenvalue weighted by Gasteiger charge is 2.43. The van der Waals surface area contributed by atoms with E-state index in [1.165, 1.54) is 0 Å². The quantitative estimate of drug-likeness (QED) is 0.921. The van der Waals surface area contributed by atoms with E-state index in [1.807, 2.05) is 31.2 Å². The Labute approximate surface area is 119 Å². The number of likely N-dealkylation sites (tertiary alicyclic amines) is 1. The van der Waals surface area contributed by atoms with Gasteiger partial charge in [0.25, 0.3) is 0 Å². The predicted molar refractivity (Wildman–Crippen MR) is 76.5 cm³/mol. The van der Waals surface area contributed by atoms with Gasteiger partial charge in [0.1, 0.15) is 5.54 Å². The monoisotopic (exact) mass is 275 g/mol. The number of carbonyl (C=O) groups is 2. The summed E-state index contributed by atoms with van der Waals surface area (Å²) in [4.78, 5) is 25.6. The molecule has 1 amide bonds. The van der Waals surface area contributed by atoms with E-state index in [4.69, 9.17) is 0 Å². The molecule has 4 nitrogen and oxygen atoms in total. The Morgan fingerprint density at radius 3 is 2.65 bits per heavy atom. The van der Waals surface area contributed by atoms with Crippen molar-refractivity contribution in [1.82, 2.24) is 4.90 Å². The van der Waals surface area contributed by atoms with Crippen molar-refractivity contribution in [3.05, 3.63) is 35.4 Å². The lowest BCUT2D eigenvalue weighted by Gasteiger charge is -2.41. The summed E-state index contributed by atoms with van der Waals surface area (Å²) in [6.07, 6.45) is 2.54. The number of aliphatic carboxylic acids is 1. The van der Waals surface area contributed by atoms with Gasteiger partial charge in [-0.3, -0.25) is 4.79 Å². The van der Waals surface area contributed by atoms with Crippen molar-refractivity contribution in [2.45, 2.75) is 45.1 Å². The molecule has 1 aliphatic rings. The molecule has 1 unspecified atom stereocenters. The highest BCUT2D eigenvalue weighted by atomic mass is 16.4. The summed E-state index contributed by atoms with van der Waals surface area (Å²) in [6.45, 7) is 4.16. The standard InChI is InChI=1S/C16H21NO3/c1-12-7-3-4-8-13(12)11-14(18)17-10-6-5-9-16(17,2)15(19)20/h3-4,7-8H,5-6,9-11H2,1-2H3,(H,19,20). The van der Waals surface area contributed by atoms with Crippen LogP contribution in [0.1, 0.15) is 37.3 Å². The van der Waals surface area contributed by atoms with Gasteiger partial charge in [-0.05, 0) is 44.2 Å². The van der Waals surface area contributed by atoms with Gasteiger partial charge in [0.2, 0.25) is 5.91 Å². The third-order valence-corrected chi connectivity index (χ3v) is 4.26. The molecule has 0 aliphatic carbocycles. The minimum atomic E-state index is -1.06. The second kappa shape index (κ2) is 5.65. The van der Waals surface area contributed by atoms with Gasteiger partial charge in [-0.2, -0.15) is 0 Å². The summed E-state index contributed by atoms with van der Waals surface area (Å²) in [6, 6.07) is 7.73. The third-order valence-electron chi connectivity index (χ3n) is 4.26. The highest BCUT2D eigenvalue weighted by molar-refractivity contribution is 5.88. The van der Waals surface area contributed by atoms with E-state index in [9.17, 15) is 14.7 Å². The van der Waals surface area contributed by atoms with Gasteiger partial charge in [-0.15, -0.1) is 0 Å². The number of amides is 1. The smallest absolute Gasteiger partial charge is 0.329 e. The third kappa shape index (κ3) is 2.69. The maximum Gasteiger partial charge on any atom is 0.329 e. The zero-order valence-electron chi connectivity index (χ0n) is 12.1. The molecule has 0 spiro atoms. The van der Waals surface area contributed by atoms with E-state index in [0.717, 1.165) is 24.0 Å². The molecule has 0 radical (unpaired) electrons. The second-order valence-electron chi connectivity index (χ2n) is 5.68. The lowest BCUT2D eigenvalue weighted by molar-refractivity contribution is -0.160. The van der Waals surface area contributed by atoms with Crippen LogP contribution in [0.5, 0.6) is 0 Å². The fraction of sp³-hybridized carbons (Fsp3) is 0.500. The number of carbonyl (C=O) groups excluding carboxylic acids is 1. The fourth-order valence-corrected chi connectivity index (χ4v) is 2.81. The Balaban J connectivity index is 2.19. The van der Waals surface area contributed by atoms with E-state index in [1.54, 1.807) is 11.8 Å². The molecule has 1 heterocycles. The zero-order chi connectivity index (χ0) is 14.8. The normalized spacial score (nSPS) is 22.6. The van der Waals surface area contributed by atoms with E-state index in [2.05, 4.69) is 0 Å². The predicted octanol–water partition coefficient (Wildman–Crippen LogP) is 2.39. The van der Waals surface area contributed by atoms with Crippen molar-refractivity contribution in [2.24, 2.45) is 0 Å². The van der Waals surface area contributed by atoms with Crippen molar-refractivity contribution < 1.29 is 14.7 Å². The van der Waals surface area contributed by atoms with Gasteiger partial charge in [0, 0.05) is 6.54 Å². The minimum Gasteiger partial charge on any atom is -0.480 e. The number of hydrogen-bond donors (Lipinski definition) is 1. The minimum absolute atomic E-state index is 0.0936. The Kier molecular flexibility index (Phi) is 4.12. The van der Waals surface area contributed by atoms with E-state index in [0.29, 0.717) is 13.0 Å². The molecule has 1 aromatic rings. The Morgan fingerprint density at radius 1 is 1.30 bits per heavy atom. The lowest BCUT2D eigenvalue weighted by Crippen LogP contribution is -2.57. The number of rotatable bonds is 3. The summed E-state index contributed by atoms with van der Waals surface area (Å²) >= 11 is 0. The molecule has 108 valence electrons. The van der Waals surface area contributed by atoms with Gasteiger partial charge < -0.3 is 10.0 Å². The fourth-order valence-electron chi connectivity index (χ4n) is 2.81. The molecule has 0 bridgehead atoms. The molecule has 1 N–H and O–H groups in total. The largest absolute Gasteiger partial charge is 0.480 e. The Hall–Kier alpha value is -1.84. The zero-order valence-corrected chi connectivity index (χ0v) is 12.1. The van der Waals surface area contributed by atoms with Gasteiger partial charge >= 0.3 is 5.97 Å². The van der Waals surface area contributed by atoms with Crippen LogP contribution in [0.3, 0.4) is 0 Å². The molecule has 2 rings (SSSR count). The SMILES string of the molecule is Cc1ccccc1CC(=O)N1CCCCC1(C)C(=O)O. The van der Waals surface area contributed by atoms with Crippen LogP contribution in [0.4, 0.5) is 0 Å². The molecular formula is C16H21NO3. The summed E-state index contributed by atoms with van der Waals surface area (Å²) < 4.78 is 0. The van der Waals surface area contributed by atoms with Crippen molar-refractivity contribution in [1.29, 1.82) is 0 Å². The van der Waals surface area contributed by atoms with E-state index < -0.39 is 11.5 Å². The number of benzene rings is 1. The first-order valence-corrected chi connectivity index (χ1v) is 7.03. The number of aryl methyl sites for hydroxylation is 1. The molecular weight excluding hydrogens is 254 g/mol. The van der Waals surface area contributed by atoms with Crippen LogP contribution in [0.2, 0.25) is 0 Å². The molecule has 1 aliphatic heterocycles. The summed E-state index contributed by atoms with van der Waals surface area (Å²) in [5, 5.41) is 9.44. The second-order valence-corrected chi connectivity index (χ2v) is 5.68. The average molecular weight is 275 g/mol. The maximum atomic E-state index is 12.5. The summed E-state index contributed by atoms with van der Waals surface area (Å²) in [5.74, 6) is -1.00. The molecule has 4 heteroatoms. The van der Waals surface area contributed by atoms with Gasteiger partial charge in [-0.25, -0.2) is 4.79 Å². The van der Waals surface area contributed by atoms with Gasteiger partial charge in [0.05, 0.1) is 6.42 Å². The van der Waals surface area contributed by atoms with E-state index in [-0.39, 0.29) is 12.3 Å². The molecule has 0 saturated carbocycles. The lowest BCUT2D eigenvalue weighted by atomic mass is 9.87. The van der Waals surface area contributed by atoms with Crippen LogP contribution in [-0.2, 0) is 16.0 Å². The van der Waals surface area contributed by atoms with Crippen LogP contribution in [0.25, 0.3) is 0 Å². The first kappa shape index (κ1) is 14.6. The highest BCUT2D eigenvalue weighted by Crippen LogP contribution is 2.29. The first-order chi connectivity index (χ1) is 9.45. The molecule has 0 aromatic heterocycles.